The lowest BCUT2D eigenvalue weighted by molar-refractivity contribution is -0.130. The van der Waals surface area contributed by atoms with Crippen LogP contribution in [-0.4, -0.2) is 68.8 Å². The Morgan fingerprint density at radius 1 is 1.30 bits per heavy atom. The monoisotopic (exact) mass is 451 g/mol. The van der Waals surface area contributed by atoms with E-state index in [0.29, 0.717) is 18.1 Å². The van der Waals surface area contributed by atoms with Crippen molar-refractivity contribution >= 4 is 27.5 Å². The van der Waals surface area contributed by atoms with Crippen LogP contribution in [0.1, 0.15) is 33.6 Å². The highest BCUT2D eigenvalue weighted by Crippen LogP contribution is 2.26. The standard InChI is InChI=1S/C20H29N5O3S2/c1-4-10-24-19(16-5-8-21-9-6-16)22-23-20(24)29-13-18(26)25(12-15(2)3)17-7-11-30(27,28)14-17/h5-6,8-9,15,17H,4,7,10-14H2,1-3H3. The van der Waals surface area contributed by atoms with Gasteiger partial charge in [0.2, 0.25) is 5.91 Å². The molecule has 2 aromatic rings. The molecule has 1 amide bonds. The van der Waals surface area contributed by atoms with Crippen molar-refractivity contribution < 1.29 is 13.2 Å². The first-order valence-corrected chi connectivity index (χ1v) is 13.1. The molecule has 164 valence electrons. The molecule has 0 aliphatic carbocycles. The van der Waals surface area contributed by atoms with Gasteiger partial charge in [0.1, 0.15) is 0 Å². The second kappa shape index (κ2) is 9.91. The van der Waals surface area contributed by atoms with E-state index in [1.54, 1.807) is 17.3 Å². The Hall–Kier alpha value is -1.94. The zero-order chi connectivity index (χ0) is 21.7. The molecule has 3 rings (SSSR count). The van der Waals surface area contributed by atoms with Crippen molar-refractivity contribution in [3.05, 3.63) is 24.5 Å². The number of hydrogen-bond acceptors (Lipinski definition) is 7. The van der Waals surface area contributed by atoms with Gasteiger partial charge in [0.25, 0.3) is 0 Å². The Kier molecular flexibility index (Phi) is 7.51. The Morgan fingerprint density at radius 2 is 2.03 bits per heavy atom. The van der Waals surface area contributed by atoms with E-state index in [4.69, 9.17) is 0 Å². The fraction of sp³-hybridized carbons (Fsp3) is 0.600. The first-order valence-electron chi connectivity index (χ1n) is 10.3. The average molecular weight is 452 g/mol. The van der Waals surface area contributed by atoms with Crippen LogP contribution in [0.15, 0.2) is 29.7 Å². The van der Waals surface area contributed by atoms with Gasteiger partial charge in [0.05, 0.1) is 17.3 Å². The number of rotatable bonds is 9. The van der Waals surface area contributed by atoms with Crippen molar-refractivity contribution in [3.63, 3.8) is 0 Å². The second-order valence-electron chi connectivity index (χ2n) is 7.98. The van der Waals surface area contributed by atoms with Gasteiger partial charge >= 0.3 is 0 Å². The van der Waals surface area contributed by atoms with Gasteiger partial charge in [-0.15, -0.1) is 10.2 Å². The number of pyridine rings is 1. The third-order valence-electron chi connectivity index (χ3n) is 4.96. The van der Waals surface area contributed by atoms with Gasteiger partial charge in [0, 0.05) is 37.1 Å². The maximum absolute atomic E-state index is 13.0. The fourth-order valence-corrected chi connectivity index (χ4v) is 6.19. The highest BCUT2D eigenvalue weighted by atomic mass is 32.2. The van der Waals surface area contributed by atoms with Crippen LogP contribution in [-0.2, 0) is 21.2 Å². The molecule has 0 spiro atoms. The van der Waals surface area contributed by atoms with Gasteiger partial charge in [-0.2, -0.15) is 0 Å². The highest BCUT2D eigenvalue weighted by molar-refractivity contribution is 7.99. The maximum Gasteiger partial charge on any atom is 0.233 e. The first-order chi connectivity index (χ1) is 14.3. The number of carbonyl (C=O) groups excluding carboxylic acids is 1. The van der Waals surface area contributed by atoms with Crippen LogP contribution >= 0.6 is 11.8 Å². The predicted octanol–water partition coefficient (Wildman–Crippen LogP) is 2.51. The molecule has 1 aliphatic heterocycles. The molecular weight excluding hydrogens is 422 g/mol. The van der Waals surface area contributed by atoms with Gasteiger partial charge in [0.15, 0.2) is 20.8 Å². The summed E-state index contributed by atoms with van der Waals surface area (Å²) < 4.78 is 25.9. The second-order valence-corrected chi connectivity index (χ2v) is 11.2. The molecule has 0 aromatic carbocycles. The molecule has 1 atom stereocenters. The smallest absolute Gasteiger partial charge is 0.233 e. The number of hydrogen-bond donors (Lipinski definition) is 0. The van der Waals surface area contributed by atoms with Gasteiger partial charge in [-0.3, -0.25) is 9.78 Å². The van der Waals surface area contributed by atoms with Crippen LogP contribution in [0.25, 0.3) is 11.4 Å². The maximum atomic E-state index is 13.0. The lowest BCUT2D eigenvalue weighted by Crippen LogP contribution is -2.44. The Morgan fingerprint density at radius 3 is 2.63 bits per heavy atom. The Balaban J connectivity index is 1.74. The van der Waals surface area contributed by atoms with Crippen LogP contribution in [0.2, 0.25) is 0 Å². The minimum atomic E-state index is -3.05. The molecule has 3 heterocycles. The minimum absolute atomic E-state index is 0.0488. The lowest BCUT2D eigenvalue weighted by Gasteiger charge is -2.29. The third kappa shape index (κ3) is 5.60. The molecule has 0 bridgehead atoms. The van der Waals surface area contributed by atoms with E-state index in [1.807, 2.05) is 30.5 Å². The normalized spacial score (nSPS) is 18.1. The minimum Gasteiger partial charge on any atom is -0.338 e. The molecule has 1 unspecified atom stereocenters. The van der Waals surface area contributed by atoms with Crippen LogP contribution < -0.4 is 0 Å². The summed E-state index contributed by atoms with van der Waals surface area (Å²) in [6, 6.07) is 3.55. The van der Waals surface area contributed by atoms with Crippen LogP contribution in [0.4, 0.5) is 0 Å². The number of nitrogens with zero attached hydrogens (tertiary/aromatic N) is 5. The van der Waals surface area contributed by atoms with Crippen molar-refractivity contribution in [2.75, 3.05) is 23.8 Å². The average Bonchev–Trinajstić information content (AvgIpc) is 3.28. The Labute approximate surface area is 182 Å². The molecule has 2 aromatic heterocycles. The van der Waals surface area contributed by atoms with Crippen molar-refractivity contribution in [2.45, 2.75) is 51.4 Å². The van der Waals surface area contributed by atoms with Gasteiger partial charge in [-0.1, -0.05) is 32.5 Å². The molecule has 1 fully saturated rings. The van der Waals surface area contributed by atoms with Crippen molar-refractivity contribution in [1.82, 2.24) is 24.6 Å². The zero-order valence-corrected chi connectivity index (χ0v) is 19.3. The zero-order valence-electron chi connectivity index (χ0n) is 17.7. The van der Waals surface area contributed by atoms with E-state index in [0.717, 1.165) is 24.4 Å². The van der Waals surface area contributed by atoms with E-state index >= 15 is 0 Å². The number of thioether (sulfide) groups is 1. The summed E-state index contributed by atoms with van der Waals surface area (Å²) >= 11 is 1.36. The summed E-state index contributed by atoms with van der Waals surface area (Å²) in [6.07, 6.45) is 4.87. The van der Waals surface area contributed by atoms with E-state index < -0.39 is 9.84 Å². The highest BCUT2D eigenvalue weighted by Gasteiger charge is 2.35. The first kappa shape index (κ1) is 22.7. The number of amides is 1. The van der Waals surface area contributed by atoms with E-state index in [1.165, 1.54) is 11.8 Å². The predicted molar refractivity (Wildman–Crippen MR) is 118 cm³/mol. The molecule has 8 nitrogen and oxygen atoms in total. The SMILES string of the molecule is CCCn1c(SCC(=O)N(CC(C)C)C2CCS(=O)(=O)C2)nnc1-c1ccncc1. The fourth-order valence-electron chi connectivity index (χ4n) is 3.61. The molecule has 10 heteroatoms. The molecule has 0 saturated carbocycles. The van der Waals surface area contributed by atoms with Gasteiger partial charge < -0.3 is 9.47 Å². The molecule has 30 heavy (non-hydrogen) atoms. The lowest BCUT2D eigenvalue weighted by atomic mass is 10.1. The topological polar surface area (TPSA) is 98.1 Å². The largest absolute Gasteiger partial charge is 0.338 e. The number of aromatic nitrogens is 4. The summed E-state index contributed by atoms with van der Waals surface area (Å²) in [6.45, 7) is 7.47. The van der Waals surface area contributed by atoms with Gasteiger partial charge in [-0.05, 0) is 30.9 Å². The summed E-state index contributed by atoms with van der Waals surface area (Å²) in [5.41, 5.74) is 0.932. The summed E-state index contributed by atoms with van der Waals surface area (Å²) in [5, 5.41) is 9.34. The molecule has 1 aliphatic rings. The van der Waals surface area contributed by atoms with Crippen molar-refractivity contribution in [3.8, 4) is 11.4 Å². The van der Waals surface area contributed by atoms with Crippen molar-refractivity contribution in [2.24, 2.45) is 5.92 Å². The van der Waals surface area contributed by atoms with Crippen LogP contribution in [0.5, 0.6) is 0 Å². The van der Waals surface area contributed by atoms with Crippen LogP contribution in [0.3, 0.4) is 0 Å². The molecule has 1 saturated heterocycles. The molecular formula is C20H29N5O3S2. The van der Waals surface area contributed by atoms with Crippen molar-refractivity contribution in [1.29, 1.82) is 0 Å². The summed E-state index contributed by atoms with van der Waals surface area (Å²) in [4.78, 5) is 18.8. The quantitative estimate of drug-likeness (QED) is 0.540. The molecule has 0 radical (unpaired) electrons. The summed E-state index contributed by atoms with van der Waals surface area (Å²) in [7, 11) is -3.05. The van der Waals surface area contributed by atoms with E-state index in [-0.39, 0.29) is 35.1 Å². The summed E-state index contributed by atoms with van der Waals surface area (Å²) in [5.74, 6) is 1.41. The molecule has 0 N–H and O–H groups in total. The third-order valence-corrected chi connectivity index (χ3v) is 7.66. The Bertz CT molecular complexity index is 960. The van der Waals surface area contributed by atoms with Crippen LogP contribution in [0, 0.1) is 5.92 Å². The van der Waals surface area contributed by atoms with E-state index in [9.17, 15) is 13.2 Å². The number of sulfone groups is 1. The number of carbonyl (C=O) groups is 1. The van der Waals surface area contributed by atoms with Gasteiger partial charge in [-0.25, -0.2) is 8.42 Å². The van der Waals surface area contributed by atoms with E-state index in [2.05, 4.69) is 22.1 Å².